The summed E-state index contributed by atoms with van der Waals surface area (Å²) < 4.78 is 4.66. The van der Waals surface area contributed by atoms with Crippen LogP contribution < -0.4 is 0 Å². The fourth-order valence-electron chi connectivity index (χ4n) is 1.58. The van der Waals surface area contributed by atoms with Crippen LogP contribution in [0.25, 0.3) is 11.3 Å². The van der Waals surface area contributed by atoms with Gasteiger partial charge in [-0.1, -0.05) is 30.3 Å². The molecule has 0 unspecified atom stereocenters. The summed E-state index contributed by atoms with van der Waals surface area (Å²) in [7, 11) is 1.35. The summed E-state index contributed by atoms with van der Waals surface area (Å²) in [6.45, 7) is 1.85. The maximum atomic E-state index is 11.4. The molecule has 1 aromatic carbocycles. The number of H-pyrrole nitrogens is 1. The number of ether oxygens (including phenoxy) is 1. The highest BCUT2D eigenvalue weighted by molar-refractivity contribution is 5.90. The van der Waals surface area contributed by atoms with Crippen molar-refractivity contribution < 1.29 is 9.53 Å². The highest BCUT2D eigenvalue weighted by atomic mass is 16.5. The minimum atomic E-state index is -0.396. The van der Waals surface area contributed by atoms with Gasteiger partial charge in [-0.3, -0.25) is 5.10 Å². The molecule has 4 nitrogen and oxygen atoms in total. The van der Waals surface area contributed by atoms with Gasteiger partial charge in [-0.25, -0.2) is 4.79 Å². The van der Waals surface area contributed by atoms with Crippen molar-refractivity contribution in [1.29, 1.82) is 0 Å². The molecule has 0 radical (unpaired) electrons. The Morgan fingerprint density at radius 3 is 2.62 bits per heavy atom. The number of carbonyl (C=O) groups is 1. The van der Waals surface area contributed by atoms with Crippen LogP contribution in [-0.2, 0) is 4.74 Å². The van der Waals surface area contributed by atoms with E-state index in [4.69, 9.17) is 0 Å². The molecule has 0 fully saturated rings. The van der Waals surface area contributed by atoms with Gasteiger partial charge in [0, 0.05) is 11.1 Å². The smallest absolute Gasteiger partial charge is 0.356 e. The quantitative estimate of drug-likeness (QED) is 0.783. The van der Waals surface area contributed by atoms with Crippen LogP contribution >= 0.6 is 0 Å². The Labute approximate surface area is 93.3 Å². The summed E-state index contributed by atoms with van der Waals surface area (Å²) in [5.41, 5.74) is 2.96. The van der Waals surface area contributed by atoms with E-state index in [1.807, 2.05) is 37.3 Å². The molecule has 2 aromatic rings. The van der Waals surface area contributed by atoms with E-state index < -0.39 is 5.97 Å². The molecule has 0 amide bonds. The summed E-state index contributed by atoms with van der Waals surface area (Å²) in [5.74, 6) is -0.396. The molecular formula is C12H12N2O2. The number of methoxy groups -OCH3 is 1. The first kappa shape index (κ1) is 10.4. The first-order chi connectivity index (χ1) is 7.74. The number of hydrogen-bond acceptors (Lipinski definition) is 3. The Kier molecular flexibility index (Phi) is 2.72. The fraction of sp³-hybridized carbons (Fsp3) is 0.167. The number of rotatable bonds is 2. The first-order valence-corrected chi connectivity index (χ1v) is 4.92. The van der Waals surface area contributed by atoms with Crippen molar-refractivity contribution in [1.82, 2.24) is 10.2 Å². The minimum absolute atomic E-state index is 0.396. The van der Waals surface area contributed by atoms with E-state index in [2.05, 4.69) is 14.9 Å². The molecule has 4 heteroatoms. The maximum absolute atomic E-state index is 11.4. The van der Waals surface area contributed by atoms with Gasteiger partial charge in [-0.2, -0.15) is 5.10 Å². The monoisotopic (exact) mass is 216 g/mol. The van der Waals surface area contributed by atoms with Gasteiger partial charge in [0.25, 0.3) is 0 Å². The second kappa shape index (κ2) is 4.18. The van der Waals surface area contributed by atoms with Gasteiger partial charge in [0.2, 0.25) is 0 Å². The second-order valence-electron chi connectivity index (χ2n) is 3.43. The lowest BCUT2D eigenvalue weighted by molar-refractivity contribution is 0.0593. The molecule has 0 aliphatic heterocycles. The van der Waals surface area contributed by atoms with Gasteiger partial charge in [-0.15, -0.1) is 0 Å². The molecule has 0 bridgehead atoms. The average molecular weight is 216 g/mol. The van der Waals surface area contributed by atoms with Crippen molar-refractivity contribution in [2.75, 3.05) is 7.11 Å². The van der Waals surface area contributed by atoms with Crippen molar-refractivity contribution in [2.24, 2.45) is 0 Å². The summed E-state index contributed by atoms with van der Waals surface area (Å²) in [6.07, 6.45) is 0. The molecular weight excluding hydrogens is 204 g/mol. The summed E-state index contributed by atoms with van der Waals surface area (Å²) in [6, 6.07) is 9.70. The molecule has 0 spiro atoms. The SMILES string of the molecule is COC(=O)c1[nH]nc(-c2ccccc2)c1C. The number of esters is 1. The first-order valence-electron chi connectivity index (χ1n) is 4.92. The van der Waals surface area contributed by atoms with Crippen LogP contribution in [0.1, 0.15) is 16.1 Å². The number of hydrogen-bond donors (Lipinski definition) is 1. The zero-order valence-corrected chi connectivity index (χ0v) is 9.15. The maximum Gasteiger partial charge on any atom is 0.356 e. The molecule has 2 rings (SSSR count). The van der Waals surface area contributed by atoms with Gasteiger partial charge >= 0.3 is 5.97 Å². The number of nitrogens with zero attached hydrogens (tertiary/aromatic N) is 1. The average Bonchev–Trinajstić information content (AvgIpc) is 2.71. The zero-order valence-electron chi connectivity index (χ0n) is 9.15. The molecule has 16 heavy (non-hydrogen) atoms. The van der Waals surface area contributed by atoms with E-state index in [0.29, 0.717) is 5.69 Å². The number of aromatic nitrogens is 2. The third-order valence-electron chi connectivity index (χ3n) is 2.45. The molecule has 82 valence electrons. The van der Waals surface area contributed by atoms with Crippen molar-refractivity contribution in [3.63, 3.8) is 0 Å². The number of aromatic amines is 1. The molecule has 0 saturated heterocycles. The van der Waals surface area contributed by atoms with E-state index in [-0.39, 0.29) is 0 Å². The van der Waals surface area contributed by atoms with Gasteiger partial charge in [0.05, 0.1) is 12.8 Å². The molecule has 1 N–H and O–H groups in total. The number of benzene rings is 1. The van der Waals surface area contributed by atoms with Crippen LogP contribution in [-0.4, -0.2) is 23.3 Å². The van der Waals surface area contributed by atoms with E-state index >= 15 is 0 Å². The van der Waals surface area contributed by atoms with Gasteiger partial charge in [-0.05, 0) is 6.92 Å². The van der Waals surface area contributed by atoms with Gasteiger partial charge in [0.1, 0.15) is 5.69 Å². The standard InChI is InChI=1S/C12H12N2O2/c1-8-10(9-6-4-3-5-7-9)13-14-11(8)12(15)16-2/h3-7H,1-2H3,(H,13,14). The van der Waals surface area contributed by atoms with Crippen molar-refractivity contribution in [3.05, 3.63) is 41.6 Å². The van der Waals surface area contributed by atoms with Crippen molar-refractivity contribution in [3.8, 4) is 11.3 Å². The largest absolute Gasteiger partial charge is 0.464 e. The summed E-state index contributed by atoms with van der Waals surface area (Å²) in [4.78, 5) is 11.4. The van der Waals surface area contributed by atoms with Crippen molar-refractivity contribution in [2.45, 2.75) is 6.92 Å². The lowest BCUT2D eigenvalue weighted by Crippen LogP contribution is -2.03. The molecule has 0 atom stereocenters. The Balaban J connectivity index is 2.45. The van der Waals surface area contributed by atoms with E-state index in [0.717, 1.165) is 16.8 Å². The lowest BCUT2D eigenvalue weighted by Gasteiger charge is -1.98. The van der Waals surface area contributed by atoms with Crippen LogP contribution in [0.15, 0.2) is 30.3 Å². The predicted octanol–water partition coefficient (Wildman–Crippen LogP) is 2.17. The number of nitrogens with one attached hydrogen (secondary N) is 1. The molecule has 1 aromatic heterocycles. The van der Waals surface area contributed by atoms with Crippen LogP contribution in [0.2, 0.25) is 0 Å². The second-order valence-corrected chi connectivity index (χ2v) is 3.43. The van der Waals surface area contributed by atoms with E-state index in [1.54, 1.807) is 0 Å². The van der Waals surface area contributed by atoms with E-state index in [1.165, 1.54) is 7.11 Å². The van der Waals surface area contributed by atoms with Crippen LogP contribution in [0, 0.1) is 6.92 Å². The Bertz CT molecular complexity index is 503. The van der Waals surface area contributed by atoms with E-state index in [9.17, 15) is 4.79 Å². The Morgan fingerprint density at radius 2 is 2.00 bits per heavy atom. The highest BCUT2D eigenvalue weighted by Crippen LogP contribution is 2.22. The lowest BCUT2D eigenvalue weighted by atomic mass is 10.1. The highest BCUT2D eigenvalue weighted by Gasteiger charge is 2.16. The number of carbonyl (C=O) groups excluding carboxylic acids is 1. The minimum Gasteiger partial charge on any atom is -0.464 e. The van der Waals surface area contributed by atoms with Gasteiger partial charge < -0.3 is 4.74 Å². The fourth-order valence-corrected chi connectivity index (χ4v) is 1.58. The van der Waals surface area contributed by atoms with Gasteiger partial charge in [0.15, 0.2) is 0 Å². The topological polar surface area (TPSA) is 55.0 Å². The van der Waals surface area contributed by atoms with Crippen LogP contribution in [0.5, 0.6) is 0 Å². The molecule has 0 aliphatic rings. The summed E-state index contributed by atoms with van der Waals surface area (Å²) >= 11 is 0. The summed E-state index contributed by atoms with van der Waals surface area (Å²) in [5, 5.41) is 6.83. The Morgan fingerprint density at radius 1 is 1.31 bits per heavy atom. The zero-order chi connectivity index (χ0) is 11.5. The predicted molar refractivity (Wildman–Crippen MR) is 60.1 cm³/mol. The molecule has 0 aliphatic carbocycles. The van der Waals surface area contributed by atoms with Crippen LogP contribution in [0.3, 0.4) is 0 Å². The normalized spacial score (nSPS) is 10.1. The molecule has 1 heterocycles. The third-order valence-corrected chi connectivity index (χ3v) is 2.45. The van der Waals surface area contributed by atoms with Crippen LogP contribution in [0.4, 0.5) is 0 Å². The van der Waals surface area contributed by atoms with Crippen molar-refractivity contribution >= 4 is 5.97 Å². The Hall–Kier alpha value is -2.10. The molecule has 0 saturated carbocycles. The third kappa shape index (κ3) is 1.69.